The summed E-state index contributed by atoms with van der Waals surface area (Å²) in [4.78, 5) is 0. The topological polar surface area (TPSA) is 32.3 Å². The molecule has 1 saturated carbocycles. The second-order valence-electron chi connectivity index (χ2n) is 4.33. The summed E-state index contributed by atoms with van der Waals surface area (Å²) in [5, 5.41) is 13.5. The zero-order chi connectivity index (χ0) is 10.4. The van der Waals surface area contributed by atoms with Gasteiger partial charge in [-0.3, -0.25) is 0 Å². The van der Waals surface area contributed by atoms with E-state index in [0.717, 1.165) is 38.5 Å². The van der Waals surface area contributed by atoms with Gasteiger partial charge in [0.25, 0.3) is 0 Å². The Labute approximate surface area is 87.1 Å². The van der Waals surface area contributed by atoms with Crippen molar-refractivity contribution in [2.24, 2.45) is 0 Å². The highest BCUT2D eigenvalue weighted by atomic mass is 16.3. The van der Waals surface area contributed by atoms with Crippen LogP contribution in [0.4, 0.5) is 0 Å². The molecule has 1 aliphatic carbocycles. The molecular weight excluding hydrogens is 174 g/mol. The average molecular weight is 195 g/mol. The van der Waals surface area contributed by atoms with E-state index in [1.54, 1.807) is 0 Å². The summed E-state index contributed by atoms with van der Waals surface area (Å²) in [5.41, 5.74) is -0.456. The van der Waals surface area contributed by atoms with Crippen molar-refractivity contribution in [3.05, 3.63) is 0 Å². The Morgan fingerprint density at radius 3 is 2.64 bits per heavy atom. The van der Waals surface area contributed by atoms with Crippen LogP contribution in [0.25, 0.3) is 0 Å². The third-order valence-electron chi connectivity index (χ3n) is 3.11. The van der Waals surface area contributed by atoms with Crippen molar-refractivity contribution in [1.29, 1.82) is 0 Å². The summed E-state index contributed by atoms with van der Waals surface area (Å²) < 4.78 is 0. The van der Waals surface area contributed by atoms with Crippen LogP contribution in [-0.4, -0.2) is 23.3 Å². The maximum absolute atomic E-state index is 10.1. The molecule has 14 heavy (non-hydrogen) atoms. The predicted molar refractivity (Wildman–Crippen MR) is 58.9 cm³/mol. The second kappa shape index (κ2) is 5.38. The Morgan fingerprint density at radius 1 is 1.50 bits per heavy atom. The minimum atomic E-state index is -0.456. The molecule has 0 amide bonds. The van der Waals surface area contributed by atoms with Gasteiger partial charge in [0.1, 0.15) is 0 Å². The molecule has 0 aromatic rings. The summed E-state index contributed by atoms with van der Waals surface area (Å²) in [6, 6.07) is 0.365. The van der Waals surface area contributed by atoms with Crippen LogP contribution in [0.3, 0.4) is 0 Å². The molecule has 0 aromatic carbocycles. The SMILES string of the molecule is C#CCC(CC)NCC1(O)CCCC1. The van der Waals surface area contributed by atoms with Crippen molar-refractivity contribution >= 4 is 0 Å². The minimum Gasteiger partial charge on any atom is -0.389 e. The molecule has 1 aliphatic rings. The summed E-state index contributed by atoms with van der Waals surface area (Å²) in [5.74, 6) is 2.66. The molecule has 2 N–H and O–H groups in total. The fourth-order valence-corrected chi connectivity index (χ4v) is 2.05. The van der Waals surface area contributed by atoms with E-state index in [1.807, 2.05) is 0 Å². The summed E-state index contributed by atoms with van der Waals surface area (Å²) in [6.45, 7) is 2.82. The van der Waals surface area contributed by atoms with E-state index in [9.17, 15) is 5.11 Å². The maximum Gasteiger partial charge on any atom is 0.0771 e. The molecule has 0 bridgehead atoms. The number of aliphatic hydroxyl groups is 1. The van der Waals surface area contributed by atoms with E-state index in [0.29, 0.717) is 12.6 Å². The number of rotatable bonds is 5. The number of hydrogen-bond donors (Lipinski definition) is 2. The van der Waals surface area contributed by atoms with E-state index >= 15 is 0 Å². The molecule has 1 atom stereocenters. The van der Waals surface area contributed by atoms with Crippen molar-refractivity contribution in [2.75, 3.05) is 6.54 Å². The maximum atomic E-state index is 10.1. The smallest absolute Gasteiger partial charge is 0.0771 e. The van der Waals surface area contributed by atoms with Gasteiger partial charge >= 0.3 is 0 Å². The van der Waals surface area contributed by atoms with Crippen molar-refractivity contribution in [3.63, 3.8) is 0 Å². The fraction of sp³-hybridized carbons (Fsp3) is 0.833. The van der Waals surface area contributed by atoms with Gasteiger partial charge < -0.3 is 10.4 Å². The van der Waals surface area contributed by atoms with Gasteiger partial charge in [-0.05, 0) is 19.3 Å². The standard InChI is InChI=1S/C12H21NO/c1-3-7-11(4-2)13-10-12(14)8-5-6-9-12/h1,11,13-14H,4-10H2,2H3. The quantitative estimate of drug-likeness (QED) is 0.654. The van der Waals surface area contributed by atoms with Gasteiger partial charge in [-0.1, -0.05) is 19.8 Å². The van der Waals surface area contributed by atoms with E-state index in [4.69, 9.17) is 6.42 Å². The molecule has 0 saturated heterocycles. The van der Waals surface area contributed by atoms with Gasteiger partial charge in [0.2, 0.25) is 0 Å². The molecule has 2 nitrogen and oxygen atoms in total. The zero-order valence-corrected chi connectivity index (χ0v) is 9.05. The number of nitrogens with one attached hydrogen (secondary N) is 1. The van der Waals surface area contributed by atoms with Gasteiger partial charge in [0.15, 0.2) is 0 Å². The summed E-state index contributed by atoms with van der Waals surface area (Å²) in [6.07, 6.45) is 11.2. The van der Waals surface area contributed by atoms with Crippen molar-refractivity contribution in [1.82, 2.24) is 5.32 Å². The Morgan fingerprint density at radius 2 is 2.14 bits per heavy atom. The minimum absolute atomic E-state index is 0.365. The molecule has 80 valence electrons. The molecule has 2 heteroatoms. The monoisotopic (exact) mass is 195 g/mol. The second-order valence-corrected chi connectivity index (χ2v) is 4.33. The van der Waals surface area contributed by atoms with Gasteiger partial charge in [-0.15, -0.1) is 12.3 Å². The van der Waals surface area contributed by atoms with E-state index in [-0.39, 0.29) is 0 Å². The summed E-state index contributed by atoms with van der Waals surface area (Å²) >= 11 is 0. The first-order valence-corrected chi connectivity index (χ1v) is 5.59. The highest BCUT2D eigenvalue weighted by Gasteiger charge is 2.30. The van der Waals surface area contributed by atoms with Gasteiger partial charge in [0.05, 0.1) is 5.60 Å². The van der Waals surface area contributed by atoms with E-state index in [1.165, 1.54) is 0 Å². The number of hydrogen-bond acceptors (Lipinski definition) is 2. The molecule has 0 radical (unpaired) electrons. The highest BCUT2D eigenvalue weighted by Crippen LogP contribution is 2.28. The average Bonchev–Trinajstić information content (AvgIpc) is 2.60. The van der Waals surface area contributed by atoms with Crippen LogP contribution in [0.1, 0.15) is 45.4 Å². The number of terminal acetylenes is 1. The molecule has 1 fully saturated rings. The lowest BCUT2D eigenvalue weighted by molar-refractivity contribution is 0.0448. The van der Waals surface area contributed by atoms with E-state index in [2.05, 4.69) is 18.2 Å². The first-order valence-electron chi connectivity index (χ1n) is 5.59. The van der Waals surface area contributed by atoms with Gasteiger partial charge in [-0.2, -0.15) is 0 Å². The van der Waals surface area contributed by atoms with Gasteiger partial charge in [-0.25, -0.2) is 0 Å². The van der Waals surface area contributed by atoms with Crippen molar-refractivity contribution in [2.45, 2.75) is 57.1 Å². The molecular formula is C12H21NO. The highest BCUT2D eigenvalue weighted by molar-refractivity contribution is 4.92. The van der Waals surface area contributed by atoms with Crippen LogP contribution < -0.4 is 5.32 Å². The molecule has 0 heterocycles. The first kappa shape index (κ1) is 11.6. The Hall–Kier alpha value is -0.520. The van der Waals surface area contributed by atoms with Crippen molar-refractivity contribution < 1.29 is 5.11 Å². The third kappa shape index (κ3) is 3.32. The predicted octanol–water partition coefficient (Wildman–Crippen LogP) is 1.68. The lowest BCUT2D eigenvalue weighted by atomic mass is 10.0. The molecule has 0 aliphatic heterocycles. The Balaban J connectivity index is 2.27. The molecule has 1 unspecified atom stereocenters. The largest absolute Gasteiger partial charge is 0.389 e. The Bertz CT molecular complexity index is 201. The van der Waals surface area contributed by atoms with Gasteiger partial charge in [0, 0.05) is 19.0 Å². The van der Waals surface area contributed by atoms with Crippen LogP contribution in [0, 0.1) is 12.3 Å². The van der Waals surface area contributed by atoms with Crippen molar-refractivity contribution in [3.8, 4) is 12.3 Å². The van der Waals surface area contributed by atoms with Crippen LogP contribution >= 0.6 is 0 Å². The zero-order valence-electron chi connectivity index (χ0n) is 9.05. The fourth-order valence-electron chi connectivity index (χ4n) is 2.05. The van der Waals surface area contributed by atoms with Crippen LogP contribution in [0.15, 0.2) is 0 Å². The lowest BCUT2D eigenvalue weighted by Crippen LogP contribution is -2.42. The summed E-state index contributed by atoms with van der Waals surface area (Å²) in [7, 11) is 0. The Kier molecular flexibility index (Phi) is 4.44. The molecule has 1 rings (SSSR count). The normalized spacial score (nSPS) is 21.8. The van der Waals surface area contributed by atoms with Crippen LogP contribution in [0.5, 0.6) is 0 Å². The first-order chi connectivity index (χ1) is 6.70. The van der Waals surface area contributed by atoms with Crippen LogP contribution in [0.2, 0.25) is 0 Å². The van der Waals surface area contributed by atoms with Crippen LogP contribution in [-0.2, 0) is 0 Å². The third-order valence-corrected chi connectivity index (χ3v) is 3.11. The molecule has 0 spiro atoms. The van der Waals surface area contributed by atoms with E-state index < -0.39 is 5.60 Å². The lowest BCUT2D eigenvalue weighted by Gasteiger charge is -2.25. The molecule has 0 aromatic heterocycles.